The molecule has 2 rings (SSSR count). The molecule has 1 aromatic heterocycles. The third-order valence-corrected chi connectivity index (χ3v) is 3.83. The van der Waals surface area contributed by atoms with Gasteiger partial charge in [-0.25, -0.2) is 15.0 Å². The second kappa shape index (κ2) is 8.17. The first-order valence-corrected chi connectivity index (χ1v) is 8.37. The van der Waals surface area contributed by atoms with Gasteiger partial charge in [-0.2, -0.15) is 0 Å². The number of hydrogen-bond acceptors (Lipinski definition) is 5. The summed E-state index contributed by atoms with van der Waals surface area (Å²) in [4.78, 5) is 9.39. The van der Waals surface area contributed by atoms with Crippen LogP contribution in [0.15, 0.2) is 0 Å². The average molecular weight is 291 g/mol. The van der Waals surface area contributed by atoms with E-state index < -0.39 is 0 Å². The molecule has 0 saturated carbocycles. The van der Waals surface area contributed by atoms with E-state index >= 15 is 0 Å². The lowest BCUT2D eigenvalue weighted by Crippen LogP contribution is -2.35. The Morgan fingerprint density at radius 3 is 2.38 bits per heavy atom. The van der Waals surface area contributed by atoms with Crippen LogP contribution in [-0.2, 0) is 6.42 Å². The van der Waals surface area contributed by atoms with E-state index in [4.69, 9.17) is 4.98 Å². The summed E-state index contributed by atoms with van der Waals surface area (Å²) in [6.07, 6.45) is 6.96. The first-order valence-electron chi connectivity index (χ1n) is 8.37. The van der Waals surface area contributed by atoms with E-state index in [9.17, 15) is 0 Å². The maximum atomic E-state index is 4.72. The monoisotopic (exact) mass is 291 g/mol. The van der Waals surface area contributed by atoms with Crippen LogP contribution in [0.2, 0.25) is 0 Å². The highest BCUT2D eigenvalue weighted by atomic mass is 15.5. The molecule has 0 amide bonds. The Labute approximate surface area is 128 Å². The lowest BCUT2D eigenvalue weighted by Gasteiger charge is -2.28. The molecule has 0 unspecified atom stereocenters. The van der Waals surface area contributed by atoms with E-state index in [1.165, 1.54) is 19.3 Å². The minimum absolute atomic E-state index is 0.926. The topological polar surface area (TPSA) is 53.1 Å². The molecule has 2 heterocycles. The van der Waals surface area contributed by atoms with Crippen LogP contribution < -0.4 is 10.7 Å². The fourth-order valence-electron chi connectivity index (χ4n) is 2.58. The van der Waals surface area contributed by atoms with Crippen LogP contribution in [0.3, 0.4) is 0 Å². The molecule has 5 nitrogen and oxygen atoms in total. The number of hydrogen-bond donors (Lipinski definition) is 2. The second-order valence-electron chi connectivity index (χ2n) is 5.80. The van der Waals surface area contributed by atoms with E-state index in [0.29, 0.717) is 0 Å². The summed E-state index contributed by atoms with van der Waals surface area (Å²) >= 11 is 0. The van der Waals surface area contributed by atoms with Gasteiger partial charge < -0.3 is 10.7 Å². The van der Waals surface area contributed by atoms with E-state index in [-0.39, 0.29) is 0 Å². The highest BCUT2D eigenvalue weighted by Gasteiger charge is 2.15. The molecule has 1 saturated heterocycles. The van der Waals surface area contributed by atoms with Crippen LogP contribution in [0.25, 0.3) is 0 Å². The summed E-state index contributed by atoms with van der Waals surface area (Å²) in [5, 5.41) is 5.72. The van der Waals surface area contributed by atoms with E-state index in [1.807, 2.05) is 0 Å². The van der Waals surface area contributed by atoms with Crippen molar-refractivity contribution in [3.8, 4) is 0 Å². The number of aryl methyl sites for hydroxylation is 1. The van der Waals surface area contributed by atoms with Crippen molar-refractivity contribution in [2.75, 3.05) is 30.4 Å². The van der Waals surface area contributed by atoms with Crippen LogP contribution in [-0.4, -0.2) is 34.6 Å². The first kappa shape index (κ1) is 16.0. The molecule has 118 valence electrons. The Bertz CT molecular complexity index is 441. The van der Waals surface area contributed by atoms with Gasteiger partial charge in [0.15, 0.2) is 0 Å². The van der Waals surface area contributed by atoms with Gasteiger partial charge in [-0.15, -0.1) is 0 Å². The standard InChI is InChI=1S/C16H29N5/c1-4-9-14-18-15(17-10-5-2)13(3)16(19-14)20-21-11-7-6-8-12-21/h4-12H2,1-3H3,(H2,17,18,19,20). The molecule has 1 aromatic rings. The zero-order chi connectivity index (χ0) is 15.1. The highest BCUT2D eigenvalue weighted by Crippen LogP contribution is 2.22. The summed E-state index contributed by atoms with van der Waals surface area (Å²) in [5.74, 6) is 2.88. The number of aromatic nitrogens is 2. The third-order valence-electron chi connectivity index (χ3n) is 3.83. The fraction of sp³-hybridized carbons (Fsp3) is 0.750. The van der Waals surface area contributed by atoms with Gasteiger partial charge >= 0.3 is 0 Å². The molecule has 0 aliphatic carbocycles. The van der Waals surface area contributed by atoms with Gasteiger partial charge in [0, 0.05) is 31.6 Å². The number of anilines is 2. The lowest BCUT2D eigenvalue weighted by atomic mass is 10.2. The Kier molecular flexibility index (Phi) is 6.23. The van der Waals surface area contributed by atoms with Crippen LogP contribution in [0.5, 0.6) is 0 Å². The van der Waals surface area contributed by atoms with Crippen molar-refractivity contribution in [2.24, 2.45) is 0 Å². The smallest absolute Gasteiger partial charge is 0.149 e. The van der Waals surface area contributed by atoms with Crippen LogP contribution in [0, 0.1) is 6.92 Å². The average Bonchev–Trinajstić information content (AvgIpc) is 2.50. The Balaban J connectivity index is 2.17. The molecule has 2 N–H and O–H groups in total. The zero-order valence-electron chi connectivity index (χ0n) is 13.7. The minimum atomic E-state index is 0.926. The molecule has 1 aliphatic heterocycles. The molecule has 0 bridgehead atoms. The predicted octanol–water partition coefficient (Wildman–Crippen LogP) is 3.37. The lowest BCUT2D eigenvalue weighted by molar-refractivity contribution is 0.272. The van der Waals surface area contributed by atoms with Gasteiger partial charge in [0.2, 0.25) is 0 Å². The maximum Gasteiger partial charge on any atom is 0.149 e. The summed E-state index contributed by atoms with van der Waals surface area (Å²) in [7, 11) is 0. The molecule has 21 heavy (non-hydrogen) atoms. The molecular formula is C16H29N5. The summed E-state index contributed by atoms with van der Waals surface area (Å²) in [6.45, 7) is 9.59. The normalized spacial score (nSPS) is 16.0. The van der Waals surface area contributed by atoms with E-state index in [0.717, 1.165) is 61.9 Å². The SMILES string of the molecule is CCCNc1nc(CCC)nc(NN2CCCCC2)c1C. The van der Waals surface area contributed by atoms with E-state index in [2.05, 4.69) is 41.5 Å². The molecule has 1 aliphatic rings. The number of rotatable bonds is 7. The summed E-state index contributed by atoms with van der Waals surface area (Å²) in [6, 6.07) is 0. The largest absolute Gasteiger partial charge is 0.370 e. The predicted molar refractivity (Wildman–Crippen MR) is 88.6 cm³/mol. The molecule has 0 atom stereocenters. The second-order valence-corrected chi connectivity index (χ2v) is 5.80. The number of piperidine rings is 1. The van der Waals surface area contributed by atoms with Crippen molar-refractivity contribution in [2.45, 2.75) is 59.3 Å². The Morgan fingerprint density at radius 1 is 1.00 bits per heavy atom. The first-order chi connectivity index (χ1) is 10.2. The van der Waals surface area contributed by atoms with Crippen LogP contribution in [0.1, 0.15) is 57.3 Å². The van der Waals surface area contributed by atoms with Crippen LogP contribution >= 0.6 is 0 Å². The minimum Gasteiger partial charge on any atom is -0.370 e. The van der Waals surface area contributed by atoms with Crippen molar-refractivity contribution in [1.82, 2.24) is 15.0 Å². The molecule has 0 aromatic carbocycles. The summed E-state index contributed by atoms with van der Waals surface area (Å²) in [5.41, 5.74) is 4.63. The number of hydrazine groups is 1. The van der Waals surface area contributed by atoms with Gasteiger partial charge in [0.1, 0.15) is 17.5 Å². The molecule has 1 fully saturated rings. The zero-order valence-corrected chi connectivity index (χ0v) is 13.7. The molecular weight excluding hydrogens is 262 g/mol. The van der Waals surface area contributed by atoms with Gasteiger partial charge in [-0.3, -0.25) is 0 Å². The molecule has 0 radical (unpaired) electrons. The van der Waals surface area contributed by atoms with Gasteiger partial charge in [0.25, 0.3) is 0 Å². The summed E-state index contributed by atoms with van der Waals surface area (Å²) < 4.78 is 0. The van der Waals surface area contributed by atoms with Gasteiger partial charge in [-0.1, -0.05) is 20.3 Å². The van der Waals surface area contributed by atoms with Crippen LogP contribution in [0.4, 0.5) is 11.6 Å². The Morgan fingerprint density at radius 2 is 1.71 bits per heavy atom. The van der Waals surface area contributed by atoms with Gasteiger partial charge in [-0.05, 0) is 32.6 Å². The highest BCUT2D eigenvalue weighted by molar-refractivity contribution is 5.56. The quantitative estimate of drug-likeness (QED) is 0.806. The van der Waals surface area contributed by atoms with Crippen molar-refractivity contribution in [3.05, 3.63) is 11.4 Å². The van der Waals surface area contributed by atoms with Gasteiger partial charge in [0.05, 0.1) is 0 Å². The van der Waals surface area contributed by atoms with Crippen molar-refractivity contribution in [3.63, 3.8) is 0 Å². The van der Waals surface area contributed by atoms with Crippen molar-refractivity contribution >= 4 is 11.6 Å². The fourth-order valence-corrected chi connectivity index (χ4v) is 2.58. The number of nitrogens with zero attached hydrogens (tertiary/aromatic N) is 3. The molecule has 0 spiro atoms. The molecule has 5 heteroatoms. The number of nitrogens with one attached hydrogen (secondary N) is 2. The third kappa shape index (κ3) is 4.56. The van der Waals surface area contributed by atoms with Crippen molar-refractivity contribution in [1.29, 1.82) is 0 Å². The maximum absolute atomic E-state index is 4.72. The van der Waals surface area contributed by atoms with E-state index in [1.54, 1.807) is 0 Å². The van der Waals surface area contributed by atoms with Crippen molar-refractivity contribution < 1.29 is 0 Å². The Hall–Kier alpha value is -1.36.